The maximum Gasteiger partial charge on any atom is 0.573 e. The number of ether oxygens (including phenoxy) is 1. The highest BCUT2D eigenvalue weighted by Crippen LogP contribution is 2.30. The number of benzene rings is 1. The molecule has 1 fully saturated rings. The number of carbonyl (C=O) groups is 2. The fourth-order valence-electron chi connectivity index (χ4n) is 1.92. The van der Waals surface area contributed by atoms with E-state index >= 15 is 0 Å². The van der Waals surface area contributed by atoms with Gasteiger partial charge in [-0.25, -0.2) is 0 Å². The molecule has 5 nitrogen and oxygen atoms in total. The van der Waals surface area contributed by atoms with Crippen molar-refractivity contribution in [3.05, 3.63) is 24.3 Å². The highest BCUT2D eigenvalue weighted by atomic mass is 19.4. The number of nitrogens with one attached hydrogen (secondary N) is 1. The second-order valence-electron chi connectivity index (χ2n) is 4.65. The Morgan fingerprint density at radius 1 is 1.29 bits per heavy atom. The lowest BCUT2D eigenvalue weighted by molar-refractivity contribution is -0.274. The Kier molecular flexibility index (Phi) is 4.06. The van der Waals surface area contributed by atoms with E-state index in [0.29, 0.717) is 0 Å². The van der Waals surface area contributed by atoms with Crippen molar-refractivity contribution in [1.29, 1.82) is 0 Å². The topological polar surface area (TPSA) is 58.6 Å². The molecular weight excluding hydrogens is 289 g/mol. The smallest absolute Gasteiger partial charge is 0.404 e. The molecule has 1 saturated heterocycles. The highest BCUT2D eigenvalue weighted by molar-refractivity contribution is 5.95. The van der Waals surface area contributed by atoms with Crippen LogP contribution >= 0.6 is 0 Å². The van der Waals surface area contributed by atoms with Gasteiger partial charge in [-0.3, -0.25) is 9.59 Å². The first kappa shape index (κ1) is 15.1. The lowest BCUT2D eigenvalue weighted by Crippen LogP contribution is -2.53. The van der Waals surface area contributed by atoms with Crippen LogP contribution in [-0.4, -0.2) is 36.2 Å². The van der Waals surface area contributed by atoms with Gasteiger partial charge in [-0.15, -0.1) is 13.2 Å². The van der Waals surface area contributed by atoms with Crippen molar-refractivity contribution >= 4 is 17.5 Å². The van der Waals surface area contributed by atoms with Crippen LogP contribution in [0.25, 0.3) is 0 Å². The lowest BCUT2D eigenvalue weighted by Gasteiger charge is -2.37. The average Bonchev–Trinajstić information content (AvgIpc) is 2.27. The summed E-state index contributed by atoms with van der Waals surface area (Å²) in [5, 5.41) is 2.39. The molecule has 0 bridgehead atoms. The van der Waals surface area contributed by atoms with Gasteiger partial charge in [0.25, 0.3) is 0 Å². The first-order chi connectivity index (χ1) is 9.76. The van der Waals surface area contributed by atoms with E-state index in [2.05, 4.69) is 10.1 Å². The molecule has 8 heteroatoms. The van der Waals surface area contributed by atoms with Gasteiger partial charge < -0.3 is 15.0 Å². The molecule has 0 saturated carbocycles. The number of hydrogen-bond donors (Lipinski definition) is 1. The van der Waals surface area contributed by atoms with Gasteiger partial charge in [-0.05, 0) is 12.1 Å². The van der Waals surface area contributed by atoms with Crippen LogP contribution in [0.1, 0.15) is 6.92 Å². The molecule has 1 N–H and O–H groups in total. The number of halogens is 3. The van der Waals surface area contributed by atoms with E-state index in [4.69, 9.17) is 0 Å². The standard InChI is InChI=1S/C13H13F3N2O3/c1-8(19)18-6-9(7-18)12(20)17-10-4-2-3-5-11(10)21-13(14,15)16/h2-5,9H,6-7H2,1H3,(H,17,20). The summed E-state index contributed by atoms with van der Waals surface area (Å²) in [6, 6.07) is 5.30. The van der Waals surface area contributed by atoms with E-state index in [1.165, 1.54) is 30.0 Å². The zero-order chi connectivity index (χ0) is 15.6. The van der Waals surface area contributed by atoms with Gasteiger partial charge in [0.05, 0.1) is 11.6 Å². The monoisotopic (exact) mass is 302 g/mol. The minimum Gasteiger partial charge on any atom is -0.404 e. The Morgan fingerprint density at radius 2 is 1.90 bits per heavy atom. The van der Waals surface area contributed by atoms with Gasteiger partial charge in [0, 0.05) is 20.0 Å². The Bertz CT molecular complexity index is 554. The Balaban J connectivity index is 2.00. The minimum atomic E-state index is -4.83. The molecular formula is C13H13F3N2O3. The number of anilines is 1. The summed E-state index contributed by atoms with van der Waals surface area (Å²) < 4.78 is 40.6. The summed E-state index contributed by atoms with van der Waals surface area (Å²) in [5.74, 6) is -1.47. The van der Waals surface area contributed by atoms with Crippen molar-refractivity contribution in [1.82, 2.24) is 4.90 Å². The normalized spacial score (nSPS) is 15.3. The average molecular weight is 302 g/mol. The Labute approximate surface area is 118 Å². The van der Waals surface area contributed by atoms with Crippen molar-refractivity contribution in [2.45, 2.75) is 13.3 Å². The molecule has 2 amide bonds. The summed E-state index contributed by atoms with van der Waals surface area (Å²) in [6.45, 7) is 1.92. The number of alkyl halides is 3. The molecule has 0 spiro atoms. The summed E-state index contributed by atoms with van der Waals surface area (Å²) in [6.07, 6.45) is -4.83. The number of carbonyl (C=O) groups excluding carboxylic acids is 2. The van der Waals surface area contributed by atoms with Crippen LogP contribution in [0.2, 0.25) is 0 Å². The van der Waals surface area contributed by atoms with Crippen molar-refractivity contribution in [2.24, 2.45) is 5.92 Å². The van der Waals surface area contributed by atoms with Gasteiger partial charge in [0.15, 0.2) is 5.75 Å². The zero-order valence-electron chi connectivity index (χ0n) is 11.1. The molecule has 0 aliphatic carbocycles. The third kappa shape index (κ3) is 3.87. The molecule has 1 heterocycles. The summed E-state index contributed by atoms with van der Waals surface area (Å²) >= 11 is 0. The molecule has 0 radical (unpaired) electrons. The van der Waals surface area contributed by atoms with Crippen LogP contribution in [0.4, 0.5) is 18.9 Å². The lowest BCUT2D eigenvalue weighted by atomic mass is 9.99. The predicted octanol–water partition coefficient (Wildman–Crippen LogP) is 2.00. The second kappa shape index (κ2) is 5.63. The number of para-hydroxylation sites is 2. The number of nitrogens with zero attached hydrogens (tertiary/aromatic N) is 1. The number of rotatable bonds is 3. The van der Waals surface area contributed by atoms with Gasteiger partial charge in [-0.1, -0.05) is 12.1 Å². The maximum atomic E-state index is 12.3. The number of hydrogen-bond acceptors (Lipinski definition) is 3. The first-order valence-corrected chi connectivity index (χ1v) is 6.17. The molecule has 1 aromatic carbocycles. The largest absolute Gasteiger partial charge is 0.573 e. The number of likely N-dealkylation sites (tertiary alicyclic amines) is 1. The molecule has 0 unspecified atom stereocenters. The van der Waals surface area contributed by atoms with Crippen LogP contribution in [0.3, 0.4) is 0 Å². The molecule has 114 valence electrons. The van der Waals surface area contributed by atoms with Crippen molar-refractivity contribution in [3.63, 3.8) is 0 Å². The Morgan fingerprint density at radius 3 is 2.48 bits per heavy atom. The van der Waals surface area contributed by atoms with E-state index in [9.17, 15) is 22.8 Å². The number of amides is 2. The van der Waals surface area contributed by atoms with E-state index in [0.717, 1.165) is 6.07 Å². The molecule has 0 atom stereocenters. The van der Waals surface area contributed by atoms with Gasteiger partial charge in [0.1, 0.15) is 0 Å². The Hall–Kier alpha value is -2.25. The van der Waals surface area contributed by atoms with Crippen LogP contribution in [-0.2, 0) is 9.59 Å². The van der Waals surface area contributed by atoms with E-state index in [-0.39, 0.29) is 24.7 Å². The van der Waals surface area contributed by atoms with Gasteiger partial charge >= 0.3 is 6.36 Å². The third-order valence-corrected chi connectivity index (χ3v) is 3.07. The van der Waals surface area contributed by atoms with E-state index < -0.39 is 23.9 Å². The molecule has 1 aliphatic heterocycles. The highest BCUT2D eigenvalue weighted by Gasteiger charge is 2.35. The molecule has 1 aliphatic rings. The summed E-state index contributed by atoms with van der Waals surface area (Å²) in [7, 11) is 0. The fraction of sp³-hybridized carbons (Fsp3) is 0.385. The van der Waals surface area contributed by atoms with Crippen molar-refractivity contribution in [3.8, 4) is 5.75 Å². The first-order valence-electron chi connectivity index (χ1n) is 6.17. The fourth-order valence-corrected chi connectivity index (χ4v) is 1.92. The molecule has 1 aromatic rings. The van der Waals surface area contributed by atoms with Crippen molar-refractivity contribution < 1.29 is 27.5 Å². The summed E-state index contributed by atoms with van der Waals surface area (Å²) in [4.78, 5) is 24.4. The third-order valence-electron chi connectivity index (χ3n) is 3.07. The SMILES string of the molecule is CC(=O)N1CC(C(=O)Nc2ccccc2OC(F)(F)F)C1. The minimum absolute atomic E-state index is 0.0545. The van der Waals surface area contributed by atoms with Crippen LogP contribution in [0.5, 0.6) is 5.75 Å². The van der Waals surface area contributed by atoms with Crippen LogP contribution < -0.4 is 10.1 Å². The quantitative estimate of drug-likeness (QED) is 0.929. The van der Waals surface area contributed by atoms with Gasteiger partial charge in [0.2, 0.25) is 11.8 Å². The molecule has 0 aromatic heterocycles. The molecule has 21 heavy (non-hydrogen) atoms. The van der Waals surface area contributed by atoms with Gasteiger partial charge in [-0.2, -0.15) is 0 Å². The summed E-state index contributed by atoms with van der Waals surface area (Å²) in [5.41, 5.74) is -0.0545. The maximum absolute atomic E-state index is 12.3. The van der Waals surface area contributed by atoms with Crippen LogP contribution in [0, 0.1) is 5.92 Å². The second-order valence-corrected chi connectivity index (χ2v) is 4.65. The van der Waals surface area contributed by atoms with Crippen molar-refractivity contribution in [2.75, 3.05) is 18.4 Å². The zero-order valence-corrected chi connectivity index (χ0v) is 11.1. The predicted molar refractivity (Wildman–Crippen MR) is 67.5 cm³/mol. The van der Waals surface area contributed by atoms with Crippen LogP contribution in [0.15, 0.2) is 24.3 Å². The molecule has 2 rings (SSSR count). The van der Waals surface area contributed by atoms with E-state index in [1.54, 1.807) is 0 Å². The van der Waals surface area contributed by atoms with E-state index in [1.807, 2.05) is 0 Å².